The minimum Gasteiger partial charge on any atom is -0.271 e. The quantitative estimate of drug-likeness (QED) is 0.658. The molecule has 2 aromatic rings. The Balaban J connectivity index is 2.19. The summed E-state index contributed by atoms with van der Waals surface area (Å²) in [4.78, 5) is 4.74. The Morgan fingerprint density at radius 3 is 2.62 bits per heavy atom. The molecule has 0 bridgehead atoms. The Hall–Kier alpha value is -1.24. The summed E-state index contributed by atoms with van der Waals surface area (Å²) < 4.78 is 1.90. The molecule has 0 saturated heterocycles. The largest absolute Gasteiger partial charge is 0.271 e. The summed E-state index contributed by atoms with van der Waals surface area (Å²) in [6.45, 7) is 8.64. The van der Waals surface area contributed by atoms with Crippen LogP contribution in [0.15, 0.2) is 11.4 Å². The number of hydrogen-bond donors (Lipinski definition) is 2. The molecule has 1 unspecified atom stereocenters. The van der Waals surface area contributed by atoms with Crippen LogP contribution >= 0.6 is 11.3 Å². The summed E-state index contributed by atoms with van der Waals surface area (Å²) in [5.74, 6) is 5.75. The van der Waals surface area contributed by atoms with Gasteiger partial charge in [0.05, 0.1) is 28.1 Å². The lowest BCUT2D eigenvalue weighted by molar-refractivity contribution is 0.504. The molecule has 0 aliphatic heterocycles. The number of nitrogens with two attached hydrogens (primary N) is 1. The van der Waals surface area contributed by atoms with Crippen molar-refractivity contribution >= 4 is 11.3 Å². The lowest BCUT2D eigenvalue weighted by atomic mass is 9.93. The summed E-state index contributed by atoms with van der Waals surface area (Å²) in [5.41, 5.74) is 6.31. The maximum atomic E-state index is 5.75. The first kappa shape index (κ1) is 16.1. The van der Waals surface area contributed by atoms with Crippen LogP contribution in [0.2, 0.25) is 0 Å². The fraction of sp³-hybridized carbons (Fsp3) is 0.600. The van der Waals surface area contributed by atoms with Crippen molar-refractivity contribution in [3.63, 3.8) is 0 Å². The third-order valence-corrected chi connectivity index (χ3v) is 4.46. The van der Waals surface area contributed by atoms with Crippen molar-refractivity contribution in [2.45, 2.75) is 52.0 Å². The number of rotatable bonds is 5. The lowest BCUT2D eigenvalue weighted by Crippen LogP contribution is -2.31. The smallest absolute Gasteiger partial charge is 0.0948 e. The van der Waals surface area contributed by atoms with Crippen LogP contribution in [-0.2, 0) is 25.3 Å². The second kappa shape index (κ2) is 6.25. The third kappa shape index (κ3) is 3.70. The Morgan fingerprint density at radius 1 is 1.43 bits per heavy atom. The van der Waals surface area contributed by atoms with E-state index in [0.29, 0.717) is 0 Å². The van der Waals surface area contributed by atoms with E-state index in [1.54, 1.807) is 11.3 Å². The van der Waals surface area contributed by atoms with Gasteiger partial charge in [0, 0.05) is 24.3 Å². The normalized spacial score (nSPS) is 13.6. The van der Waals surface area contributed by atoms with Crippen LogP contribution in [0, 0.1) is 0 Å². The van der Waals surface area contributed by atoms with Gasteiger partial charge < -0.3 is 0 Å². The minimum absolute atomic E-state index is 0.0294. The predicted octanol–water partition coefficient (Wildman–Crippen LogP) is 2.48. The van der Waals surface area contributed by atoms with E-state index < -0.39 is 0 Å². The number of hydrogen-bond acceptors (Lipinski definition) is 5. The maximum Gasteiger partial charge on any atom is 0.0948 e. The van der Waals surface area contributed by atoms with E-state index in [9.17, 15) is 0 Å². The van der Waals surface area contributed by atoms with Gasteiger partial charge in [-0.05, 0) is 12.5 Å². The Morgan fingerprint density at radius 2 is 2.14 bits per heavy atom. The predicted molar refractivity (Wildman–Crippen MR) is 87.2 cm³/mol. The highest BCUT2D eigenvalue weighted by atomic mass is 32.1. The van der Waals surface area contributed by atoms with Gasteiger partial charge in [0.1, 0.15) is 0 Å². The van der Waals surface area contributed by atoms with Crippen LogP contribution < -0.4 is 11.3 Å². The number of hydrazine groups is 1. The van der Waals surface area contributed by atoms with E-state index in [-0.39, 0.29) is 11.5 Å². The molecule has 116 valence electrons. The standard InChI is InChI=1S/C15H25N5S/c1-6-10-7-12(20(5)19-10)11(18-16)8-14-17-13(9-21-14)15(2,3)4/h7,9,11,18H,6,8,16H2,1-5H3. The van der Waals surface area contributed by atoms with Crippen molar-refractivity contribution < 1.29 is 0 Å². The average molecular weight is 307 g/mol. The first-order valence-electron chi connectivity index (χ1n) is 7.29. The summed E-state index contributed by atoms with van der Waals surface area (Å²) in [6, 6.07) is 2.14. The van der Waals surface area contributed by atoms with Gasteiger partial charge >= 0.3 is 0 Å². The molecule has 5 nitrogen and oxygen atoms in total. The first-order valence-corrected chi connectivity index (χ1v) is 8.17. The first-order chi connectivity index (χ1) is 9.85. The van der Waals surface area contributed by atoms with Crippen LogP contribution in [0.5, 0.6) is 0 Å². The van der Waals surface area contributed by atoms with E-state index in [2.05, 4.69) is 49.7 Å². The highest BCUT2D eigenvalue weighted by molar-refractivity contribution is 7.09. The fourth-order valence-corrected chi connectivity index (χ4v) is 3.28. The Bertz CT molecular complexity index is 593. The molecule has 3 N–H and O–H groups in total. The molecule has 6 heteroatoms. The number of nitrogens with one attached hydrogen (secondary N) is 1. The summed E-state index contributed by atoms with van der Waals surface area (Å²) >= 11 is 1.70. The molecule has 0 aliphatic rings. The van der Waals surface area contributed by atoms with Crippen molar-refractivity contribution in [2.24, 2.45) is 12.9 Å². The third-order valence-electron chi connectivity index (χ3n) is 3.59. The van der Waals surface area contributed by atoms with Crippen LogP contribution in [0.3, 0.4) is 0 Å². The minimum atomic E-state index is 0.0294. The summed E-state index contributed by atoms with van der Waals surface area (Å²) in [7, 11) is 1.96. The Labute approximate surface area is 130 Å². The van der Waals surface area contributed by atoms with E-state index in [4.69, 9.17) is 10.8 Å². The topological polar surface area (TPSA) is 68.8 Å². The van der Waals surface area contributed by atoms with Crippen molar-refractivity contribution in [3.05, 3.63) is 33.5 Å². The second-order valence-corrected chi connectivity index (χ2v) is 7.28. The van der Waals surface area contributed by atoms with E-state index >= 15 is 0 Å². The van der Waals surface area contributed by atoms with Crippen molar-refractivity contribution in [1.29, 1.82) is 0 Å². The molecule has 1 atom stereocenters. The number of aromatic nitrogens is 3. The van der Waals surface area contributed by atoms with Crippen molar-refractivity contribution in [1.82, 2.24) is 20.2 Å². The molecular formula is C15H25N5S. The van der Waals surface area contributed by atoms with Gasteiger partial charge in [0.15, 0.2) is 0 Å². The van der Waals surface area contributed by atoms with Gasteiger partial charge in [-0.25, -0.2) is 4.98 Å². The zero-order valence-corrected chi connectivity index (χ0v) is 14.3. The fourth-order valence-electron chi connectivity index (χ4n) is 2.21. The van der Waals surface area contributed by atoms with Crippen LogP contribution in [0.4, 0.5) is 0 Å². The van der Waals surface area contributed by atoms with Gasteiger partial charge in [0.25, 0.3) is 0 Å². The molecular weight excluding hydrogens is 282 g/mol. The molecule has 0 aromatic carbocycles. The highest BCUT2D eigenvalue weighted by Crippen LogP contribution is 2.26. The van der Waals surface area contributed by atoms with Gasteiger partial charge in [0.2, 0.25) is 0 Å². The second-order valence-electron chi connectivity index (χ2n) is 6.34. The summed E-state index contributed by atoms with van der Waals surface area (Å²) in [5, 5.41) is 7.73. The molecule has 0 radical (unpaired) electrons. The van der Waals surface area contributed by atoms with Gasteiger partial charge in [-0.2, -0.15) is 5.10 Å². The molecule has 2 aromatic heterocycles. The monoisotopic (exact) mass is 307 g/mol. The number of nitrogens with zero attached hydrogens (tertiary/aromatic N) is 3. The van der Waals surface area contributed by atoms with E-state index in [0.717, 1.165) is 34.9 Å². The van der Waals surface area contributed by atoms with E-state index in [1.165, 1.54) is 0 Å². The molecule has 0 amide bonds. The number of aryl methyl sites for hydroxylation is 2. The molecule has 0 aliphatic carbocycles. The molecule has 0 saturated carbocycles. The van der Waals surface area contributed by atoms with E-state index in [1.807, 2.05) is 11.7 Å². The van der Waals surface area contributed by atoms with Gasteiger partial charge in [-0.15, -0.1) is 11.3 Å². The molecule has 2 rings (SSSR count). The molecule has 2 heterocycles. The zero-order chi connectivity index (χ0) is 15.6. The molecule has 0 spiro atoms. The van der Waals surface area contributed by atoms with Crippen molar-refractivity contribution in [2.75, 3.05) is 0 Å². The summed E-state index contributed by atoms with van der Waals surface area (Å²) in [6.07, 6.45) is 1.70. The van der Waals surface area contributed by atoms with Crippen LogP contribution in [0.25, 0.3) is 0 Å². The Kier molecular flexibility index (Phi) is 4.81. The van der Waals surface area contributed by atoms with Crippen molar-refractivity contribution in [3.8, 4) is 0 Å². The molecule has 0 fully saturated rings. The molecule has 21 heavy (non-hydrogen) atoms. The van der Waals surface area contributed by atoms with Crippen LogP contribution in [-0.4, -0.2) is 14.8 Å². The average Bonchev–Trinajstić information content (AvgIpc) is 3.02. The lowest BCUT2D eigenvalue weighted by Gasteiger charge is -2.16. The number of thiazole rings is 1. The zero-order valence-electron chi connectivity index (χ0n) is 13.5. The highest BCUT2D eigenvalue weighted by Gasteiger charge is 2.21. The van der Waals surface area contributed by atoms with Gasteiger partial charge in [-0.3, -0.25) is 16.0 Å². The van der Waals surface area contributed by atoms with Crippen LogP contribution in [0.1, 0.15) is 55.8 Å². The van der Waals surface area contributed by atoms with Gasteiger partial charge in [-0.1, -0.05) is 27.7 Å². The SMILES string of the molecule is CCc1cc(C(Cc2nc(C(C)(C)C)cs2)NN)n(C)n1. The maximum absolute atomic E-state index is 5.75.